The number of amides is 1. The van der Waals surface area contributed by atoms with E-state index in [0.717, 1.165) is 0 Å². The molecule has 0 saturated heterocycles. The number of nitro benzene ring substituents is 1. The van der Waals surface area contributed by atoms with E-state index in [9.17, 15) is 14.9 Å². The van der Waals surface area contributed by atoms with Crippen molar-refractivity contribution in [2.75, 3.05) is 33.4 Å². The summed E-state index contributed by atoms with van der Waals surface area (Å²) in [5, 5.41) is 16.8. The standard InChI is InChI=1S/C14H21N3O4.ClH/c1-3-11-4-5-12(10-13(11)17(19)20)14(18)16-7-6-15-8-9-21-2;/h4-5,10,15H,3,6-9H2,1-2H3,(H,16,18);1H. The summed E-state index contributed by atoms with van der Waals surface area (Å²) in [7, 11) is 1.62. The summed E-state index contributed by atoms with van der Waals surface area (Å²) in [6.45, 7) is 4.23. The van der Waals surface area contributed by atoms with Gasteiger partial charge in [0.15, 0.2) is 0 Å². The molecular weight excluding hydrogens is 310 g/mol. The Morgan fingerprint density at radius 2 is 2.05 bits per heavy atom. The molecule has 0 fully saturated rings. The number of ether oxygens (including phenoxy) is 1. The Kier molecular flexibility index (Phi) is 10.1. The molecule has 1 rings (SSSR count). The maximum atomic E-state index is 11.9. The van der Waals surface area contributed by atoms with E-state index in [0.29, 0.717) is 43.8 Å². The van der Waals surface area contributed by atoms with Gasteiger partial charge in [0.05, 0.1) is 11.5 Å². The van der Waals surface area contributed by atoms with Gasteiger partial charge in [0.2, 0.25) is 0 Å². The zero-order valence-corrected chi connectivity index (χ0v) is 13.6. The highest BCUT2D eigenvalue weighted by Crippen LogP contribution is 2.20. The number of carbonyl (C=O) groups is 1. The van der Waals surface area contributed by atoms with Crippen LogP contribution in [0.15, 0.2) is 18.2 Å². The van der Waals surface area contributed by atoms with Gasteiger partial charge < -0.3 is 15.4 Å². The van der Waals surface area contributed by atoms with Gasteiger partial charge in [0, 0.05) is 43.9 Å². The second kappa shape index (κ2) is 10.9. The largest absolute Gasteiger partial charge is 0.383 e. The fourth-order valence-corrected chi connectivity index (χ4v) is 1.84. The Labute approximate surface area is 136 Å². The summed E-state index contributed by atoms with van der Waals surface area (Å²) in [4.78, 5) is 22.4. The van der Waals surface area contributed by atoms with Crippen molar-refractivity contribution in [2.24, 2.45) is 0 Å². The van der Waals surface area contributed by atoms with Gasteiger partial charge in [-0.2, -0.15) is 0 Å². The molecular formula is C14H22ClN3O4. The van der Waals surface area contributed by atoms with Crippen LogP contribution in [-0.2, 0) is 11.2 Å². The van der Waals surface area contributed by atoms with Gasteiger partial charge >= 0.3 is 0 Å². The quantitative estimate of drug-likeness (QED) is 0.407. The SMILES string of the molecule is CCc1ccc(C(=O)NCCNCCOC)cc1[N+](=O)[O-].Cl. The fourth-order valence-electron chi connectivity index (χ4n) is 1.84. The summed E-state index contributed by atoms with van der Waals surface area (Å²) in [6, 6.07) is 4.57. The number of rotatable bonds is 9. The number of halogens is 1. The molecule has 8 heteroatoms. The first kappa shape index (κ1) is 20.3. The van der Waals surface area contributed by atoms with E-state index < -0.39 is 4.92 Å². The zero-order chi connectivity index (χ0) is 15.7. The Hall–Kier alpha value is -1.70. The Morgan fingerprint density at radius 1 is 1.32 bits per heavy atom. The normalized spacial score (nSPS) is 9.91. The average molecular weight is 332 g/mol. The van der Waals surface area contributed by atoms with E-state index in [1.165, 1.54) is 6.07 Å². The van der Waals surface area contributed by atoms with E-state index >= 15 is 0 Å². The fraction of sp³-hybridized carbons (Fsp3) is 0.500. The third kappa shape index (κ3) is 6.38. The lowest BCUT2D eigenvalue weighted by molar-refractivity contribution is -0.385. The molecule has 0 radical (unpaired) electrons. The average Bonchev–Trinajstić information content (AvgIpc) is 2.49. The molecule has 0 bridgehead atoms. The second-order valence-corrected chi connectivity index (χ2v) is 4.45. The summed E-state index contributed by atoms with van der Waals surface area (Å²) < 4.78 is 4.88. The van der Waals surface area contributed by atoms with Crippen molar-refractivity contribution in [1.82, 2.24) is 10.6 Å². The van der Waals surface area contributed by atoms with Gasteiger partial charge in [0.25, 0.3) is 11.6 Å². The zero-order valence-electron chi connectivity index (χ0n) is 12.8. The van der Waals surface area contributed by atoms with Crippen molar-refractivity contribution in [2.45, 2.75) is 13.3 Å². The smallest absolute Gasteiger partial charge is 0.273 e. The van der Waals surface area contributed by atoms with Crippen molar-refractivity contribution in [1.29, 1.82) is 0 Å². The molecule has 0 aliphatic carbocycles. The molecule has 1 aromatic carbocycles. The molecule has 0 aromatic heterocycles. The van der Waals surface area contributed by atoms with Crippen molar-refractivity contribution >= 4 is 24.0 Å². The van der Waals surface area contributed by atoms with Gasteiger partial charge in [-0.15, -0.1) is 12.4 Å². The van der Waals surface area contributed by atoms with Crippen LogP contribution in [0.5, 0.6) is 0 Å². The topological polar surface area (TPSA) is 93.5 Å². The highest BCUT2D eigenvalue weighted by atomic mass is 35.5. The van der Waals surface area contributed by atoms with E-state index in [2.05, 4.69) is 10.6 Å². The molecule has 0 heterocycles. The van der Waals surface area contributed by atoms with Crippen molar-refractivity contribution in [3.05, 3.63) is 39.4 Å². The summed E-state index contributed by atoms with van der Waals surface area (Å²) >= 11 is 0. The molecule has 1 amide bonds. The van der Waals surface area contributed by atoms with Gasteiger partial charge in [-0.1, -0.05) is 13.0 Å². The first-order chi connectivity index (χ1) is 10.1. The second-order valence-electron chi connectivity index (χ2n) is 4.45. The number of nitrogens with zero attached hydrogens (tertiary/aromatic N) is 1. The van der Waals surface area contributed by atoms with Gasteiger partial charge in [-0.05, 0) is 12.5 Å². The first-order valence-electron chi connectivity index (χ1n) is 6.85. The van der Waals surface area contributed by atoms with Gasteiger partial charge in [-0.3, -0.25) is 14.9 Å². The highest BCUT2D eigenvalue weighted by Gasteiger charge is 2.16. The molecule has 2 N–H and O–H groups in total. The molecule has 0 unspecified atom stereocenters. The highest BCUT2D eigenvalue weighted by molar-refractivity contribution is 5.95. The molecule has 124 valence electrons. The minimum absolute atomic E-state index is 0. The van der Waals surface area contributed by atoms with Gasteiger partial charge in [-0.25, -0.2) is 0 Å². The monoisotopic (exact) mass is 331 g/mol. The van der Waals surface area contributed by atoms with E-state index in [1.54, 1.807) is 19.2 Å². The lowest BCUT2D eigenvalue weighted by atomic mass is 10.1. The Morgan fingerprint density at radius 3 is 2.64 bits per heavy atom. The number of benzene rings is 1. The van der Waals surface area contributed by atoms with E-state index in [-0.39, 0.29) is 24.0 Å². The number of nitro groups is 1. The summed E-state index contributed by atoms with van der Waals surface area (Å²) in [6.07, 6.45) is 0.557. The lowest BCUT2D eigenvalue weighted by Gasteiger charge is -2.07. The third-order valence-electron chi connectivity index (χ3n) is 3.00. The molecule has 0 aliphatic rings. The van der Waals surface area contributed by atoms with Crippen LogP contribution in [0.1, 0.15) is 22.8 Å². The van der Waals surface area contributed by atoms with Crippen LogP contribution < -0.4 is 10.6 Å². The number of nitrogens with one attached hydrogen (secondary N) is 2. The molecule has 0 aliphatic heterocycles. The Bertz CT molecular complexity index is 497. The number of methoxy groups -OCH3 is 1. The molecule has 22 heavy (non-hydrogen) atoms. The predicted octanol–water partition coefficient (Wildman–Crippen LogP) is 1.54. The Balaban J connectivity index is 0.00000441. The minimum atomic E-state index is -0.456. The molecule has 1 aromatic rings. The number of carbonyl (C=O) groups excluding carboxylic acids is 1. The number of aryl methyl sites for hydroxylation is 1. The maximum absolute atomic E-state index is 11.9. The molecule has 0 spiro atoms. The predicted molar refractivity (Wildman–Crippen MR) is 86.8 cm³/mol. The maximum Gasteiger partial charge on any atom is 0.273 e. The van der Waals surface area contributed by atoms with E-state index in [4.69, 9.17) is 4.74 Å². The van der Waals surface area contributed by atoms with Crippen LogP contribution in [-0.4, -0.2) is 44.2 Å². The molecule has 7 nitrogen and oxygen atoms in total. The molecule has 0 atom stereocenters. The number of hydrogen-bond donors (Lipinski definition) is 2. The summed E-state index contributed by atoms with van der Waals surface area (Å²) in [5.74, 6) is -0.311. The third-order valence-corrected chi connectivity index (χ3v) is 3.00. The lowest BCUT2D eigenvalue weighted by Crippen LogP contribution is -2.33. The van der Waals surface area contributed by atoms with Crippen LogP contribution in [0.3, 0.4) is 0 Å². The van der Waals surface area contributed by atoms with Crippen molar-refractivity contribution < 1.29 is 14.5 Å². The van der Waals surface area contributed by atoms with Crippen LogP contribution in [0.2, 0.25) is 0 Å². The first-order valence-corrected chi connectivity index (χ1v) is 6.85. The van der Waals surface area contributed by atoms with Crippen LogP contribution >= 0.6 is 12.4 Å². The summed E-state index contributed by atoms with van der Waals surface area (Å²) in [5.41, 5.74) is 0.914. The van der Waals surface area contributed by atoms with Crippen molar-refractivity contribution in [3.8, 4) is 0 Å². The van der Waals surface area contributed by atoms with Crippen LogP contribution in [0.4, 0.5) is 5.69 Å². The molecule has 0 saturated carbocycles. The van der Waals surface area contributed by atoms with Crippen LogP contribution in [0, 0.1) is 10.1 Å². The minimum Gasteiger partial charge on any atom is -0.383 e. The van der Waals surface area contributed by atoms with Crippen LogP contribution in [0.25, 0.3) is 0 Å². The van der Waals surface area contributed by atoms with Gasteiger partial charge in [0.1, 0.15) is 0 Å². The van der Waals surface area contributed by atoms with Crippen molar-refractivity contribution in [3.63, 3.8) is 0 Å². The number of hydrogen-bond acceptors (Lipinski definition) is 5. The van der Waals surface area contributed by atoms with E-state index in [1.807, 2.05) is 6.92 Å².